The van der Waals surface area contributed by atoms with Crippen LogP contribution < -0.4 is 0 Å². The Morgan fingerprint density at radius 1 is 1.00 bits per heavy atom. The minimum atomic E-state index is 0.743. The summed E-state index contributed by atoms with van der Waals surface area (Å²) >= 11 is 0. The number of hydrogen-bond acceptors (Lipinski definition) is 0. The van der Waals surface area contributed by atoms with Crippen molar-refractivity contribution in [3.8, 4) is 0 Å². The Labute approximate surface area is 116 Å². The van der Waals surface area contributed by atoms with Gasteiger partial charge >= 0.3 is 0 Å². The van der Waals surface area contributed by atoms with E-state index in [2.05, 4.69) is 63.2 Å². The van der Waals surface area contributed by atoms with Crippen LogP contribution in [-0.2, 0) is 6.42 Å². The van der Waals surface area contributed by atoms with Gasteiger partial charge in [-0.25, -0.2) is 0 Å². The molecule has 0 aromatic heterocycles. The van der Waals surface area contributed by atoms with E-state index >= 15 is 0 Å². The summed E-state index contributed by atoms with van der Waals surface area (Å²) in [6, 6.07) is 16.0. The predicted molar refractivity (Wildman–Crippen MR) is 81.8 cm³/mol. The molecule has 0 nitrogen and oxygen atoms in total. The van der Waals surface area contributed by atoms with Gasteiger partial charge in [-0.3, -0.25) is 0 Å². The third-order valence-corrected chi connectivity index (χ3v) is 4.40. The smallest absolute Gasteiger partial charge is 0.00842 e. The second-order valence-corrected chi connectivity index (χ2v) is 5.91. The first-order valence-corrected chi connectivity index (χ1v) is 7.35. The van der Waals surface area contributed by atoms with Crippen LogP contribution in [0.15, 0.2) is 42.5 Å². The second-order valence-electron chi connectivity index (χ2n) is 5.91. The van der Waals surface area contributed by atoms with E-state index in [1.54, 1.807) is 5.56 Å². The Bertz CT molecular complexity index is 595. The van der Waals surface area contributed by atoms with Crippen LogP contribution in [0.2, 0.25) is 0 Å². The van der Waals surface area contributed by atoms with Crippen LogP contribution in [0.5, 0.6) is 0 Å². The third kappa shape index (κ3) is 2.45. The van der Waals surface area contributed by atoms with Crippen molar-refractivity contribution in [2.45, 2.75) is 45.4 Å². The predicted octanol–water partition coefficient (Wildman–Crippen LogP) is 5.14. The van der Waals surface area contributed by atoms with E-state index in [1.165, 1.54) is 28.7 Å². The SMILES string of the molecule is CCc1cccc([C@H]2C[C@@H]2c2ccc(C)cc2C)c1. The normalized spacial score (nSPS) is 21.4. The summed E-state index contributed by atoms with van der Waals surface area (Å²) in [6.07, 6.45) is 2.45. The molecule has 98 valence electrons. The molecule has 0 saturated heterocycles. The average Bonchev–Trinajstić information content (AvgIpc) is 3.19. The summed E-state index contributed by atoms with van der Waals surface area (Å²) in [7, 11) is 0. The summed E-state index contributed by atoms with van der Waals surface area (Å²) in [5, 5.41) is 0. The molecule has 0 unspecified atom stereocenters. The van der Waals surface area contributed by atoms with Crippen LogP contribution in [0.4, 0.5) is 0 Å². The largest absolute Gasteiger partial charge is 0.0617 e. The van der Waals surface area contributed by atoms with Crippen molar-refractivity contribution in [1.82, 2.24) is 0 Å². The van der Waals surface area contributed by atoms with Gasteiger partial charge < -0.3 is 0 Å². The van der Waals surface area contributed by atoms with Gasteiger partial charge in [0.1, 0.15) is 0 Å². The molecule has 3 rings (SSSR count). The fraction of sp³-hybridized carbons (Fsp3) is 0.368. The molecule has 0 aliphatic heterocycles. The van der Waals surface area contributed by atoms with Crippen molar-refractivity contribution in [3.63, 3.8) is 0 Å². The fourth-order valence-corrected chi connectivity index (χ4v) is 3.19. The van der Waals surface area contributed by atoms with Gasteiger partial charge in [-0.1, -0.05) is 55.0 Å². The Balaban J connectivity index is 1.83. The molecule has 1 fully saturated rings. The quantitative estimate of drug-likeness (QED) is 0.707. The Morgan fingerprint density at radius 2 is 1.84 bits per heavy atom. The van der Waals surface area contributed by atoms with Crippen LogP contribution in [-0.4, -0.2) is 0 Å². The average molecular weight is 250 g/mol. The second kappa shape index (κ2) is 4.85. The molecular formula is C19H22. The number of rotatable bonds is 3. The first-order valence-electron chi connectivity index (χ1n) is 7.35. The van der Waals surface area contributed by atoms with Crippen LogP contribution in [0.25, 0.3) is 0 Å². The summed E-state index contributed by atoms with van der Waals surface area (Å²) in [5.41, 5.74) is 7.37. The molecule has 1 aliphatic rings. The van der Waals surface area contributed by atoms with Gasteiger partial charge in [-0.05, 0) is 60.8 Å². The lowest BCUT2D eigenvalue weighted by Crippen LogP contribution is -1.90. The summed E-state index contributed by atoms with van der Waals surface area (Å²) in [4.78, 5) is 0. The van der Waals surface area contributed by atoms with Gasteiger partial charge in [-0.2, -0.15) is 0 Å². The van der Waals surface area contributed by atoms with Crippen LogP contribution in [0, 0.1) is 13.8 Å². The lowest BCUT2D eigenvalue weighted by molar-refractivity contribution is 1.00. The third-order valence-electron chi connectivity index (χ3n) is 4.40. The molecule has 0 amide bonds. The molecular weight excluding hydrogens is 228 g/mol. The highest BCUT2D eigenvalue weighted by atomic mass is 14.4. The zero-order valence-corrected chi connectivity index (χ0v) is 12.1. The van der Waals surface area contributed by atoms with E-state index in [1.807, 2.05) is 0 Å². The topological polar surface area (TPSA) is 0 Å². The van der Waals surface area contributed by atoms with Gasteiger partial charge in [0.25, 0.3) is 0 Å². The summed E-state index contributed by atoms with van der Waals surface area (Å²) in [6.45, 7) is 6.65. The van der Waals surface area contributed by atoms with Gasteiger partial charge in [0.05, 0.1) is 0 Å². The lowest BCUT2D eigenvalue weighted by Gasteiger charge is -2.07. The zero-order valence-electron chi connectivity index (χ0n) is 12.1. The molecule has 1 aliphatic carbocycles. The Morgan fingerprint density at radius 3 is 2.58 bits per heavy atom. The first kappa shape index (κ1) is 12.5. The van der Waals surface area contributed by atoms with E-state index in [4.69, 9.17) is 0 Å². The monoisotopic (exact) mass is 250 g/mol. The van der Waals surface area contributed by atoms with Crippen LogP contribution in [0.1, 0.15) is 53.0 Å². The van der Waals surface area contributed by atoms with Crippen LogP contribution in [0.3, 0.4) is 0 Å². The molecule has 0 bridgehead atoms. The van der Waals surface area contributed by atoms with Crippen molar-refractivity contribution in [3.05, 3.63) is 70.3 Å². The van der Waals surface area contributed by atoms with E-state index in [-0.39, 0.29) is 0 Å². The Hall–Kier alpha value is -1.56. The summed E-state index contributed by atoms with van der Waals surface area (Å²) < 4.78 is 0. The molecule has 2 aromatic carbocycles. The number of benzene rings is 2. The van der Waals surface area contributed by atoms with Gasteiger partial charge in [-0.15, -0.1) is 0 Å². The van der Waals surface area contributed by atoms with Crippen molar-refractivity contribution >= 4 is 0 Å². The maximum Gasteiger partial charge on any atom is -0.00842 e. The number of aryl methyl sites for hydroxylation is 3. The van der Waals surface area contributed by atoms with Crippen molar-refractivity contribution in [2.24, 2.45) is 0 Å². The fourth-order valence-electron chi connectivity index (χ4n) is 3.19. The van der Waals surface area contributed by atoms with E-state index in [9.17, 15) is 0 Å². The van der Waals surface area contributed by atoms with E-state index < -0.39 is 0 Å². The number of hydrogen-bond donors (Lipinski definition) is 0. The highest BCUT2D eigenvalue weighted by molar-refractivity contribution is 5.42. The maximum absolute atomic E-state index is 2.40. The molecule has 2 atom stereocenters. The molecule has 19 heavy (non-hydrogen) atoms. The van der Waals surface area contributed by atoms with Crippen LogP contribution >= 0.6 is 0 Å². The molecule has 0 radical (unpaired) electrons. The molecule has 2 aromatic rings. The highest BCUT2D eigenvalue weighted by Crippen LogP contribution is 2.55. The molecule has 0 spiro atoms. The molecule has 0 heterocycles. The van der Waals surface area contributed by atoms with Gasteiger partial charge in [0.2, 0.25) is 0 Å². The zero-order chi connectivity index (χ0) is 13.4. The van der Waals surface area contributed by atoms with E-state index in [0.717, 1.165) is 18.3 Å². The molecule has 0 heteroatoms. The highest BCUT2D eigenvalue weighted by Gasteiger charge is 2.40. The Kier molecular flexibility index (Phi) is 3.18. The first-order chi connectivity index (χ1) is 9.19. The minimum Gasteiger partial charge on any atom is -0.0617 e. The molecule has 0 N–H and O–H groups in total. The van der Waals surface area contributed by atoms with Crippen molar-refractivity contribution in [2.75, 3.05) is 0 Å². The van der Waals surface area contributed by atoms with Gasteiger partial charge in [0.15, 0.2) is 0 Å². The van der Waals surface area contributed by atoms with Gasteiger partial charge in [0, 0.05) is 0 Å². The standard InChI is InChI=1S/C19H22/c1-4-15-6-5-7-16(11-15)18-12-19(18)17-9-8-13(2)10-14(17)3/h5-11,18-19H,4,12H2,1-3H3/t18-,19-/m1/s1. The minimum absolute atomic E-state index is 0.743. The lowest BCUT2D eigenvalue weighted by atomic mass is 9.98. The van der Waals surface area contributed by atoms with E-state index in [0.29, 0.717) is 0 Å². The summed E-state index contributed by atoms with van der Waals surface area (Å²) in [5.74, 6) is 1.49. The van der Waals surface area contributed by atoms with Crippen molar-refractivity contribution < 1.29 is 0 Å². The maximum atomic E-state index is 2.40. The molecule has 1 saturated carbocycles. The van der Waals surface area contributed by atoms with Crippen molar-refractivity contribution in [1.29, 1.82) is 0 Å².